The molecule has 2 amide bonds. The fourth-order valence-electron chi connectivity index (χ4n) is 3.84. The third kappa shape index (κ3) is 4.51. The standard InChI is InChI=1S/C27H25FN2O3/c1-3-4-7-18-10-16-21(17-11-18)30-26(31)24(19-12-14-20(28)15-13-19)25(27(30)32)29-22-8-5-6-9-23(22)33-2/h5-6,8-17,29H,3-4,7H2,1-2H3. The zero-order chi connectivity index (χ0) is 23.4. The number of carbonyl (C=O) groups is 2. The van der Waals surface area contributed by atoms with Gasteiger partial charge in [0.1, 0.15) is 17.3 Å². The van der Waals surface area contributed by atoms with Crippen LogP contribution in [0.2, 0.25) is 0 Å². The van der Waals surface area contributed by atoms with Gasteiger partial charge in [-0.1, -0.05) is 49.7 Å². The van der Waals surface area contributed by atoms with E-state index in [1.807, 2.05) is 18.2 Å². The van der Waals surface area contributed by atoms with Crippen molar-refractivity contribution in [3.8, 4) is 5.75 Å². The molecular formula is C27H25FN2O3. The van der Waals surface area contributed by atoms with Crippen molar-refractivity contribution in [3.63, 3.8) is 0 Å². The lowest BCUT2D eigenvalue weighted by Gasteiger charge is -2.16. The summed E-state index contributed by atoms with van der Waals surface area (Å²) in [6.07, 6.45) is 3.11. The van der Waals surface area contributed by atoms with Crippen LogP contribution in [0.5, 0.6) is 5.75 Å². The minimum absolute atomic E-state index is 0.117. The Morgan fingerprint density at radius 1 is 0.909 bits per heavy atom. The van der Waals surface area contributed by atoms with Crippen molar-refractivity contribution in [2.24, 2.45) is 0 Å². The van der Waals surface area contributed by atoms with E-state index in [2.05, 4.69) is 12.2 Å². The fourth-order valence-corrected chi connectivity index (χ4v) is 3.84. The van der Waals surface area contributed by atoms with Crippen molar-refractivity contribution in [2.75, 3.05) is 17.3 Å². The van der Waals surface area contributed by atoms with Crippen LogP contribution in [0.1, 0.15) is 30.9 Å². The lowest BCUT2D eigenvalue weighted by molar-refractivity contribution is -0.120. The number of hydrogen-bond acceptors (Lipinski definition) is 4. The highest BCUT2D eigenvalue weighted by molar-refractivity contribution is 6.46. The Balaban J connectivity index is 1.75. The third-order valence-electron chi connectivity index (χ3n) is 5.60. The zero-order valence-electron chi connectivity index (χ0n) is 18.6. The van der Waals surface area contributed by atoms with Crippen LogP contribution in [0.15, 0.2) is 78.5 Å². The van der Waals surface area contributed by atoms with Crippen LogP contribution in [-0.2, 0) is 16.0 Å². The van der Waals surface area contributed by atoms with Crippen LogP contribution in [0.25, 0.3) is 5.57 Å². The van der Waals surface area contributed by atoms with E-state index in [0.717, 1.165) is 29.7 Å². The first kappa shape index (κ1) is 22.3. The van der Waals surface area contributed by atoms with Crippen molar-refractivity contribution in [1.82, 2.24) is 0 Å². The Kier molecular flexibility index (Phi) is 6.54. The summed E-state index contributed by atoms with van der Waals surface area (Å²) in [6.45, 7) is 2.13. The number of hydrogen-bond donors (Lipinski definition) is 1. The SMILES string of the molecule is CCCCc1ccc(N2C(=O)C(Nc3ccccc3OC)=C(c3ccc(F)cc3)C2=O)cc1. The van der Waals surface area contributed by atoms with Gasteiger partial charge in [-0.25, -0.2) is 9.29 Å². The van der Waals surface area contributed by atoms with Gasteiger partial charge in [-0.3, -0.25) is 9.59 Å². The van der Waals surface area contributed by atoms with Crippen molar-refractivity contribution < 1.29 is 18.7 Å². The van der Waals surface area contributed by atoms with E-state index in [1.54, 1.807) is 30.3 Å². The number of ether oxygens (including phenoxy) is 1. The Bertz CT molecular complexity index is 1200. The molecule has 5 nitrogen and oxygen atoms in total. The summed E-state index contributed by atoms with van der Waals surface area (Å²) in [7, 11) is 1.53. The molecule has 33 heavy (non-hydrogen) atoms. The van der Waals surface area contributed by atoms with Gasteiger partial charge in [0.2, 0.25) is 0 Å². The van der Waals surface area contributed by atoms with Gasteiger partial charge in [-0.05, 0) is 60.4 Å². The summed E-state index contributed by atoms with van der Waals surface area (Å²) in [5.41, 5.74) is 2.94. The van der Waals surface area contributed by atoms with Crippen LogP contribution in [0.4, 0.5) is 15.8 Å². The van der Waals surface area contributed by atoms with Crippen LogP contribution < -0.4 is 15.0 Å². The minimum Gasteiger partial charge on any atom is -0.495 e. The van der Waals surface area contributed by atoms with Gasteiger partial charge in [-0.15, -0.1) is 0 Å². The molecule has 0 unspecified atom stereocenters. The molecule has 0 saturated heterocycles. The molecule has 4 rings (SSSR count). The Hall–Kier alpha value is -3.93. The molecule has 0 fully saturated rings. The Morgan fingerprint density at radius 3 is 2.27 bits per heavy atom. The van der Waals surface area contributed by atoms with Crippen LogP contribution in [0.3, 0.4) is 0 Å². The zero-order valence-corrected chi connectivity index (χ0v) is 18.6. The van der Waals surface area contributed by atoms with E-state index < -0.39 is 17.6 Å². The first-order valence-corrected chi connectivity index (χ1v) is 10.9. The van der Waals surface area contributed by atoms with Crippen LogP contribution in [-0.4, -0.2) is 18.9 Å². The lowest BCUT2D eigenvalue weighted by Crippen LogP contribution is -2.32. The summed E-state index contributed by atoms with van der Waals surface area (Å²) in [5.74, 6) is -0.839. The topological polar surface area (TPSA) is 58.6 Å². The van der Waals surface area contributed by atoms with Gasteiger partial charge in [0, 0.05) is 0 Å². The van der Waals surface area contributed by atoms with Crippen molar-refractivity contribution in [2.45, 2.75) is 26.2 Å². The molecule has 3 aromatic rings. The molecule has 0 saturated carbocycles. The van der Waals surface area contributed by atoms with E-state index >= 15 is 0 Å². The fraction of sp³-hybridized carbons (Fsp3) is 0.185. The van der Waals surface area contributed by atoms with Gasteiger partial charge in [0.05, 0.1) is 24.1 Å². The number of halogens is 1. The summed E-state index contributed by atoms with van der Waals surface area (Å²) < 4.78 is 18.9. The summed E-state index contributed by atoms with van der Waals surface area (Å²) >= 11 is 0. The minimum atomic E-state index is -0.480. The molecule has 0 spiro atoms. The van der Waals surface area contributed by atoms with Gasteiger partial charge in [-0.2, -0.15) is 0 Å². The molecule has 3 aromatic carbocycles. The molecule has 6 heteroatoms. The number of aryl methyl sites for hydroxylation is 1. The van der Waals surface area contributed by atoms with Gasteiger partial charge in [0.25, 0.3) is 11.8 Å². The highest BCUT2D eigenvalue weighted by Crippen LogP contribution is 2.35. The normalized spacial score (nSPS) is 13.6. The molecule has 0 aromatic heterocycles. The second-order valence-electron chi connectivity index (χ2n) is 7.80. The summed E-state index contributed by atoms with van der Waals surface area (Å²) in [4.78, 5) is 28.1. The molecule has 0 radical (unpaired) electrons. The average Bonchev–Trinajstić information content (AvgIpc) is 3.08. The van der Waals surface area contributed by atoms with E-state index in [0.29, 0.717) is 22.7 Å². The van der Waals surface area contributed by atoms with Crippen molar-refractivity contribution in [3.05, 3.63) is 95.4 Å². The Labute approximate surface area is 192 Å². The van der Waals surface area contributed by atoms with E-state index in [9.17, 15) is 14.0 Å². The third-order valence-corrected chi connectivity index (χ3v) is 5.60. The van der Waals surface area contributed by atoms with Gasteiger partial charge >= 0.3 is 0 Å². The number of anilines is 2. The largest absolute Gasteiger partial charge is 0.495 e. The maximum absolute atomic E-state index is 13.5. The number of amides is 2. The molecule has 1 aliphatic heterocycles. The molecule has 168 valence electrons. The number of benzene rings is 3. The second-order valence-corrected chi connectivity index (χ2v) is 7.80. The summed E-state index contributed by atoms with van der Waals surface area (Å²) in [5, 5.41) is 3.09. The highest BCUT2D eigenvalue weighted by atomic mass is 19.1. The number of carbonyl (C=O) groups excluding carboxylic acids is 2. The van der Waals surface area contributed by atoms with Gasteiger partial charge in [0.15, 0.2) is 0 Å². The predicted octanol–water partition coefficient (Wildman–Crippen LogP) is 5.57. The van der Waals surface area contributed by atoms with E-state index in [1.165, 1.54) is 31.4 Å². The van der Waals surface area contributed by atoms with Crippen molar-refractivity contribution >= 4 is 28.8 Å². The predicted molar refractivity (Wildman–Crippen MR) is 127 cm³/mol. The number of nitrogens with one attached hydrogen (secondary N) is 1. The lowest BCUT2D eigenvalue weighted by atomic mass is 10.0. The number of para-hydroxylation sites is 2. The number of rotatable bonds is 8. The van der Waals surface area contributed by atoms with E-state index in [-0.39, 0.29) is 11.3 Å². The smallest absolute Gasteiger partial charge is 0.282 e. The second kappa shape index (κ2) is 9.69. The van der Waals surface area contributed by atoms with Crippen LogP contribution >= 0.6 is 0 Å². The van der Waals surface area contributed by atoms with E-state index in [4.69, 9.17) is 4.74 Å². The average molecular weight is 445 g/mol. The monoisotopic (exact) mass is 444 g/mol. The first-order chi connectivity index (χ1) is 16.0. The molecule has 0 atom stereocenters. The quantitative estimate of drug-likeness (QED) is 0.461. The van der Waals surface area contributed by atoms with Crippen molar-refractivity contribution in [1.29, 1.82) is 0 Å². The molecular weight excluding hydrogens is 419 g/mol. The first-order valence-electron chi connectivity index (χ1n) is 10.9. The molecule has 1 N–H and O–H groups in total. The van der Waals surface area contributed by atoms with Gasteiger partial charge < -0.3 is 10.1 Å². The highest BCUT2D eigenvalue weighted by Gasteiger charge is 2.40. The number of imide groups is 1. The summed E-state index contributed by atoms with van der Waals surface area (Å²) in [6, 6.07) is 20.1. The molecule has 1 aliphatic rings. The number of methoxy groups -OCH3 is 1. The Morgan fingerprint density at radius 2 is 1.61 bits per heavy atom. The maximum atomic E-state index is 13.5. The van der Waals surface area contributed by atoms with Crippen LogP contribution in [0, 0.1) is 5.82 Å². The molecule has 1 heterocycles. The molecule has 0 aliphatic carbocycles. The maximum Gasteiger partial charge on any atom is 0.282 e. The number of nitrogens with zero attached hydrogens (tertiary/aromatic N) is 1. The molecule has 0 bridgehead atoms. The number of unbranched alkanes of at least 4 members (excludes halogenated alkanes) is 1.